The number of hydrogen-bond donors (Lipinski definition) is 0. The maximum absolute atomic E-state index is 12.4. The molecule has 2 aromatic heterocycles. The van der Waals surface area contributed by atoms with Crippen LogP contribution in [0, 0.1) is 5.92 Å². The number of rotatable bonds is 3. The van der Waals surface area contributed by atoms with Gasteiger partial charge in [-0.05, 0) is 42.9 Å². The molecule has 0 aliphatic carbocycles. The Morgan fingerprint density at radius 1 is 1.43 bits per heavy atom. The average molecular weight is 284 g/mol. The first kappa shape index (κ1) is 13.8. The van der Waals surface area contributed by atoms with E-state index in [2.05, 4.69) is 16.1 Å². The summed E-state index contributed by atoms with van der Waals surface area (Å²) in [6.07, 6.45) is 8.73. The number of carbonyl (C=O) groups excluding carboxylic acids is 1. The van der Waals surface area contributed by atoms with Crippen molar-refractivity contribution in [2.24, 2.45) is 13.0 Å². The Bertz CT molecular complexity index is 608. The van der Waals surface area contributed by atoms with Crippen molar-refractivity contribution >= 4 is 5.91 Å². The molecule has 1 aliphatic rings. The predicted octanol–water partition coefficient (Wildman–Crippen LogP) is 1.91. The minimum Gasteiger partial charge on any atom is -0.337 e. The van der Waals surface area contributed by atoms with Crippen LogP contribution in [0.3, 0.4) is 0 Å². The molecule has 1 aliphatic heterocycles. The first-order valence-corrected chi connectivity index (χ1v) is 7.40. The van der Waals surface area contributed by atoms with E-state index in [4.69, 9.17) is 0 Å². The molecule has 0 radical (unpaired) electrons. The Morgan fingerprint density at radius 3 is 3.05 bits per heavy atom. The van der Waals surface area contributed by atoms with E-state index in [1.54, 1.807) is 16.9 Å². The van der Waals surface area contributed by atoms with E-state index in [0.29, 0.717) is 11.6 Å². The molecule has 5 nitrogen and oxygen atoms in total. The van der Waals surface area contributed by atoms with Gasteiger partial charge in [0.1, 0.15) is 5.69 Å². The molecule has 0 saturated carbocycles. The first-order chi connectivity index (χ1) is 10.2. The van der Waals surface area contributed by atoms with Crippen LogP contribution in [0.25, 0.3) is 0 Å². The highest BCUT2D eigenvalue weighted by atomic mass is 16.2. The number of likely N-dealkylation sites (tertiary alicyclic amines) is 1. The number of amides is 1. The van der Waals surface area contributed by atoms with Crippen LogP contribution < -0.4 is 0 Å². The second kappa shape index (κ2) is 6.08. The summed E-state index contributed by atoms with van der Waals surface area (Å²) in [4.78, 5) is 18.5. The third-order valence-electron chi connectivity index (χ3n) is 3.99. The Balaban J connectivity index is 1.64. The minimum absolute atomic E-state index is 0.0477. The van der Waals surface area contributed by atoms with E-state index in [-0.39, 0.29) is 5.91 Å². The normalized spacial score (nSPS) is 18.7. The number of piperidine rings is 1. The SMILES string of the molecule is Cn1ccc(C(=O)N2CCCC(Cc3cccnc3)C2)n1. The number of nitrogens with zero attached hydrogens (tertiary/aromatic N) is 4. The van der Waals surface area contributed by atoms with Gasteiger partial charge in [0.25, 0.3) is 5.91 Å². The van der Waals surface area contributed by atoms with Crippen LogP contribution in [0.1, 0.15) is 28.9 Å². The molecule has 21 heavy (non-hydrogen) atoms. The van der Waals surface area contributed by atoms with Crippen molar-refractivity contribution in [3.05, 3.63) is 48.0 Å². The van der Waals surface area contributed by atoms with Crippen LogP contribution >= 0.6 is 0 Å². The van der Waals surface area contributed by atoms with Gasteiger partial charge in [-0.2, -0.15) is 5.10 Å². The molecule has 2 aromatic rings. The van der Waals surface area contributed by atoms with Crippen molar-refractivity contribution in [2.75, 3.05) is 13.1 Å². The number of aromatic nitrogens is 3. The predicted molar refractivity (Wildman–Crippen MR) is 79.8 cm³/mol. The highest BCUT2D eigenvalue weighted by Gasteiger charge is 2.25. The summed E-state index contributed by atoms with van der Waals surface area (Å²) in [5, 5.41) is 4.21. The van der Waals surface area contributed by atoms with Gasteiger partial charge in [-0.15, -0.1) is 0 Å². The Hall–Kier alpha value is -2.17. The molecule has 0 spiro atoms. The van der Waals surface area contributed by atoms with Crippen molar-refractivity contribution in [3.63, 3.8) is 0 Å². The zero-order chi connectivity index (χ0) is 14.7. The fourth-order valence-electron chi connectivity index (χ4n) is 2.96. The van der Waals surface area contributed by atoms with E-state index in [1.807, 2.05) is 30.4 Å². The lowest BCUT2D eigenvalue weighted by Gasteiger charge is -2.32. The lowest BCUT2D eigenvalue weighted by Crippen LogP contribution is -2.40. The van der Waals surface area contributed by atoms with E-state index >= 15 is 0 Å². The zero-order valence-electron chi connectivity index (χ0n) is 12.3. The summed E-state index contributed by atoms with van der Waals surface area (Å²) in [6.45, 7) is 1.64. The van der Waals surface area contributed by atoms with Crippen molar-refractivity contribution < 1.29 is 4.79 Å². The molecule has 1 saturated heterocycles. The molecular weight excluding hydrogens is 264 g/mol. The van der Waals surface area contributed by atoms with E-state index < -0.39 is 0 Å². The number of pyridine rings is 1. The maximum Gasteiger partial charge on any atom is 0.274 e. The van der Waals surface area contributed by atoms with Gasteiger partial charge in [0, 0.05) is 38.7 Å². The van der Waals surface area contributed by atoms with Crippen LogP contribution in [0.4, 0.5) is 0 Å². The Morgan fingerprint density at radius 2 is 2.33 bits per heavy atom. The standard InChI is InChI=1S/C16H20N4O/c1-19-9-6-15(18-19)16(21)20-8-3-5-14(12-20)10-13-4-2-7-17-11-13/h2,4,6-7,9,11,14H,3,5,8,10,12H2,1H3. The van der Waals surface area contributed by atoms with E-state index in [0.717, 1.165) is 25.9 Å². The largest absolute Gasteiger partial charge is 0.337 e. The topological polar surface area (TPSA) is 51.0 Å². The van der Waals surface area contributed by atoms with Gasteiger partial charge in [-0.25, -0.2) is 0 Å². The van der Waals surface area contributed by atoms with E-state index in [9.17, 15) is 4.79 Å². The Labute approximate surface area is 124 Å². The molecule has 0 N–H and O–H groups in total. The van der Waals surface area contributed by atoms with E-state index in [1.165, 1.54) is 12.0 Å². The van der Waals surface area contributed by atoms with Gasteiger partial charge in [0.2, 0.25) is 0 Å². The molecule has 3 heterocycles. The molecule has 0 bridgehead atoms. The van der Waals surface area contributed by atoms with Gasteiger partial charge >= 0.3 is 0 Å². The first-order valence-electron chi connectivity index (χ1n) is 7.40. The van der Waals surface area contributed by atoms with Crippen LogP contribution in [-0.2, 0) is 13.5 Å². The van der Waals surface area contributed by atoms with Gasteiger partial charge in [0.05, 0.1) is 0 Å². The molecular formula is C16H20N4O. The van der Waals surface area contributed by atoms with Crippen LogP contribution in [0.2, 0.25) is 0 Å². The molecule has 1 amide bonds. The molecule has 1 unspecified atom stereocenters. The summed E-state index contributed by atoms with van der Waals surface area (Å²) in [7, 11) is 1.83. The summed E-state index contributed by atoms with van der Waals surface area (Å²) >= 11 is 0. The highest BCUT2D eigenvalue weighted by Crippen LogP contribution is 2.21. The summed E-state index contributed by atoms with van der Waals surface area (Å²) in [6, 6.07) is 5.86. The minimum atomic E-state index is 0.0477. The lowest BCUT2D eigenvalue weighted by atomic mass is 9.92. The van der Waals surface area contributed by atoms with Crippen LogP contribution in [0.5, 0.6) is 0 Å². The quantitative estimate of drug-likeness (QED) is 0.865. The van der Waals surface area contributed by atoms with Gasteiger partial charge in [-0.3, -0.25) is 14.5 Å². The molecule has 0 aromatic carbocycles. The molecule has 1 atom stereocenters. The smallest absolute Gasteiger partial charge is 0.274 e. The second-order valence-electron chi connectivity index (χ2n) is 5.70. The molecule has 5 heteroatoms. The van der Waals surface area contributed by atoms with Crippen molar-refractivity contribution in [3.8, 4) is 0 Å². The highest BCUT2D eigenvalue weighted by molar-refractivity contribution is 5.92. The summed E-state index contributed by atoms with van der Waals surface area (Å²) < 4.78 is 1.67. The lowest BCUT2D eigenvalue weighted by molar-refractivity contribution is 0.0666. The number of carbonyl (C=O) groups is 1. The molecule has 3 rings (SSSR count). The Kier molecular flexibility index (Phi) is 3.99. The van der Waals surface area contributed by atoms with Gasteiger partial charge in [-0.1, -0.05) is 6.07 Å². The second-order valence-corrected chi connectivity index (χ2v) is 5.70. The maximum atomic E-state index is 12.4. The zero-order valence-corrected chi connectivity index (χ0v) is 12.3. The van der Waals surface area contributed by atoms with Crippen LogP contribution in [0.15, 0.2) is 36.8 Å². The molecule has 110 valence electrons. The van der Waals surface area contributed by atoms with Gasteiger partial charge < -0.3 is 4.90 Å². The number of aryl methyl sites for hydroxylation is 1. The monoisotopic (exact) mass is 284 g/mol. The van der Waals surface area contributed by atoms with Gasteiger partial charge in [0.15, 0.2) is 0 Å². The number of hydrogen-bond acceptors (Lipinski definition) is 3. The fraction of sp³-hybridized carbons (Fsp3) is 0.438. The average Bonchev–Trinajstić information content (AvgIpc) is 2.94. The van der Waals surface area contributed by atoms with Crippen LogP contribution in [-0.4, -0.2) is 38.7 Å². The van der Waals surface area contributed by atoms with Crippen molar-refractivity contribution in [2.45, 2.75) is 19.3 Å². The van der Waals surface area contributed by atoms with Crippen molar-refractivity contribution in [1.29, 1.82) is 0 Å². The molecule has 1 fully saturated rings. The fourth-order valence-corrected chi connectivity index (χ4v) is 2.96. The third-order valence-corrected chi connectivity index (χ3v) is 3.99. The summed E-state index contributed by atoms with van der Waals surface area (Å²) in [5.74, 6) is 0.557. The summed E-state index contributed by atoms with van der Waals surface area (Å²) in [5.41, 5.74) is 1.79. The third kappa shape index (κ3) is 3.29. The van der Waals surface area contributed by atoms with Crippen molar-refractivity contribution in [1.82, 2.24) is 19.7 Å².